The number of hydrogen-bond acceptors (Lipinski definition) is 2. The predicted octanol–water partition coefficient (Wildman–Crippen LogP) is 4.17. The van der Waals surface area contributed by atoms with Crippen molar-refractivity contribution < 1.29 is 0 Å². The largest absolute Gasteiger partial charge is 0.156 e. The molecule has 0 spiro atoms. The van der Waals surface area contributed by atoms with Crippen LogP contribution in [0, 0.1) is 5.92 Å². The van der Waals surface area contributed by atoms with Crippen molar-refractivity contribution in [2.24, 2.45) is 16.1 Å². The van der Waals surface area contributed by atoms with Crippen LogP contribution in [0.25, 0.3) is 0 Å². The summed E-state index contributed by atoms with van der Waals surface area (Å²) in [5.74, 6) is 0.364. The first-order valence-corrected chi connectivity index (χ1v) is 4.30. The monoisotopic (exact) mass is 168 g/mol. The second kappa shape index (κ2) is 8.18. The zero-order valence-corrected chi connectivity index (χ0v) is 8.89. The van der Waals surface area contributed by atoms with E-state index < -0.39 is 0 Å². The second-order valence-corrected chi connectivity index (χ2v) is 2.58. The third-order valence-corrected chi connectivity index (χ3v) is 1.02. The number of azo groups is 1. The molecule has 0 aliphatic carbocycles. The Hall–Kier alpha value is -0.920. The third-order valence-electron chi connectivity index (χ3n) is 1.02. The number of rotatable bonds is 3. The molecule has 0 fully saturated rings. The fourth-order valence-corrected chi connectivity index (χ4v) is 0.265. The van der Waals surface area contributed by atoms with Gasteiger partial charge in [0.2, 0.25) is 0 Å². The van der Waals surface area contributed by atoms with Gasteiger partial charge in [0.1, 0.15) is 0 Å². The summed E-state index contributed by atoms with van der Waals surface area (Å²) in [6.07, 6.45) is 0. The Morgan fingerprint density at radius 1 is 1.08 bits per heavy atom. The molecule has 0 aromatic heterocycles. The van der Waals surface area contributed by atoms with Crippen LogP contribution in [0.1, 0.15) is 34.6 Å². The van der Waals surface area contributed by atoms with Crippen LogP contribution in [-0.4, -0.2) is 0 Å². The fourth-order valence-electron chi connectivity index (χ4n) is 0.265. The van der Waals surface area contributed by atoms with Crippen molar-refractivity contribution in [1.82, 2.24) is 0 Å². The van der Waals surface area contributed by atoms with Crippen molar-refractivity contribution in [3.8, 4) is 0 Å². The molecule has 0 aromatic carbocycles. The van der Waals surface area contributed by atoms with Crippen LogP contribution in [0.15, 0.2) is 34.8 Å². The molecular formula is C10H20N2. The van der Waals surface area contributed by atoms with E-state index >= 15 is 0 Å². The number of nitrogens with zero attached hydrogens (tertiary/aromatic N) is 2. The Balaban J connectivity index is 0. The normalized spacial score (nSPS) is 9.50. The Bertz CT molecular complexity index is 167. The number of allylic oxidation sites excluding steroid dienone is 2. The van der Waals surface area contributed by atoms with Gasteiger partial charge in [-0.25, -0.2) is 0 Å². The van der Waals surface area contributed by atoms with E-state index in [9.17, 15) is 0 Å². The third kappa shape index (κ3) is 9.08. The molecule has 0 aromatic rings. The minimum atomic E-state index is 0.364. The maximum atomic E-state index is 3.85. The van der Waals surface area contributed by atoms with Gasteiger partial charge in [0.25, 0.3) is 0 Å². The van der Waals surface area contributed by atoms with E-state index in [0.717, 1.165) is 5.70 Å². The van der Waals surface area contributed by atoms with Gasteiger partial charge >= 0.3 is 0 Å². The van der Waals surface area contributed by atoms with Gasteiger partial charge in [-0.05, 0) is 12.8 Å². The van der Waals surface area contributed by atoms with Gasteiger partial charge in [-0.15, -0.1) is 0 Å². The molecule has 0 saturated heterocycles. The van der Waals surface area contributed by atoms with Crippen LogP contribution in [0.5, 0.6) is 0 Å². The Kier molecular flexibility index (Phi) is 9.31. The van der Waals surface area contributed by atoms with E-state index in [0.29, 0.717) is 11.6 Å². The smallest absolute Gasteiger partial charge is 0.0584 e. The molecule has 2 nitrogen and oxygen atoms in total. The lowest BCUT2D eigenvalue weighted by Crippen LogP contribution is -1.86. The van der Waals surface area contributed by atoms with E-state index in [2.05, 4.69) is 23.4 Å². The lowest BCUT2D eigenvalue weighted by atomic mass is 10.2. The molecule has 0 aliphatic rings. The lowest BCUT2D eigenvalue weighted by Gasteiger charge is -1.99. The summed E-state index contributed by atoms with van der Waals surface area (Å²) in [4.78, 5) is 0. The summed E-state index contributed by atoms with van der Waals surface area (Å²) in [5, 5.41) is 7.63. The van der Waals surface area contributed by atoms with Crippen LogP contribution in [0.2, 0.25) is 0 Å². The SMILES string of the molecule is C=C(C)N=NC(=C)C(C)C.CC. The van der Waals surface area contributed by atoms with Crippen molar-refractivity contribution in [3.05, 3.63) is 24.6 Å². The molecule has 0 aliphatic heterocycles. The Labute approximate surface area is 76.1 Å². The fraction of sp³-hybridized carbons (Fsp3) is 0.600. The minimum absolute atomic E-state index is 0.364. The quantitative estimate of drug-likeness (QED) is 0.565. The van der Waals surface area contributed by atoms with Gasteiger partial charge in [-0.1, -0.05) is 40.9 Å². The molecule has 0 N–H and O–H groups in total. The number of hydrogen-bond donors (Lipinski definition) is 0. The first-order valence-electron chi connectivity index (χ1n) is 4.30. The van der Waals surface area contributed by atoms with E-state index in [1.54, 1.807) is 6.92 Å². The zero-order valence-electron chi connectivity index (χ0n) is 8.89. The zero-order chi connectivity index (χ0) is 10.1. The molecule has 0 atom stereocenters. The molecule has 0 heterocycles. The molecule has 0 radical (unpaired) electrons. The van der Waals surface area contributed by atoms with Crippen LogP contribution < -0.4 is 0 Å². The van der Waals surface area contributed by atoms with Gasteiger partial charge in [0, 0.05) is 0 Å². The van der Waals surface area contributed by atoms with Gasteiger partial charge in [0.05, 0.1) is 11.4 Å². The minimum Gasteiger partial charge on any atom is -0.156 e. The predicted molar refractivity (Wildman–Crippen MR) is 55.0 cm³/mol. The summed E-state index contributed by atoms with van der Waals surface area (Å²) >= 11 is 0. The first kappa shape index (κ1) is 13.7. The molecule has 12 heavy (non-hydrogen) atoms. The van der Waals surface area contributed by atoms with Gasteiger partial charge in [-0.3, -0.25) is 0 Å². The van der Waals surface area contributed by atoms with Gasteiger partial charge in [0.15, 0.2) is 0 Å². The van der Waals surface area contributed by atoms with E-state index in [-0.39, 0.29) is 0 Å². The van der Waals surface area contributed by atoms with Crippen LogP contribution in [0.4, 0.5) is 0 Å². The van der Waals surface area contributed by atoms with Crippen LogP contribution in [0.3, 0.4) is 0 Å². The Morgan fingerprint density at radius 2 is 1.50 bits per heavy atom. The summed E-state index contributed by atoms with van der Waals surface area (Å²) < 4.78 is 0. The summed E-state index contributed by atoms with van der Waals surface area (Å²) in [5.41, 5.74) is 1.50. The molecule has 70 valence electrons. The average molecular weight is 168 g/mol. The molecule has 0 unspecified atom stereocenters. The van der Waals surface area contributed by atoms with Crippen molar-refractivity contribution in [2.75, 3.05) is 0 Å². The highest BCUT2D eigenvalue weighted by Gasteiger charge is 1.95. The topological polar surface area (TPSA) is 24.7 Å². The lowest BCUT2D eigenvalue weighted by molar-refractivity contribution is 0.743. The van der Waals surface area contributed by atoms with Gasteiger partial charge < -0.3 is 0 Å². The molecule has 0 rings (SSSR count). The first-order chi connectivity index (χ1) is 5.54. The van der Waals surface area contributed by atoms with E-state index in [1.165, 1.54) is 0 Å². The maximum Gasteiger partial charge on any atom is 0.0584 e. The van der Waals surface area contributed by atoms with Crippen molar-refractivity contribution >= 4 is 0 Å². The molecule has 0 amide bonds. The summed E-state index contributed by atoms with van der Waals surface area (Å²) in [6.45, 7) is 17.2. The molecule has 0 saturated carbocycles. The van der Waals surface area contributed by atoms with Crippen molar-refractivity contribution in [1.29, 1.82) is 0 Å². The maximum absolute atomic E-state index is 3.85. The van der Waals surface area contributed by atoms with Crippen LogP contribution >= 0.6 is 0 Å². The highest BCUT2D eigenvalue weighted by Crippen LogP contribution is 2.08. The second-order valence-electron chi connectivity index (χ2n) is 2.58. The Morgan fingerprint density at radius 3 is 1.75 bits per heavy atom. The van der Waals surface area contributed by atoms with E-state index in [4.69, 9.17) is 0 Å². The summed E-state index contributed by atoms with van der Waals surface area (Å²) in [6, 6.07) is 0. The standard InChI is InChI=1S/C8H14N2.C2H6/c1-6(2)8(5)10-9-7(3)4;1-2/h6H,3,5H2,1-2,4H3;1-2H3. The highest BCUT2D eigenvalue weighted by atomic mass is 15.1. The molecule has 0 bridgehead atoms. The average Bonchev–Trinajstić information content (AvgIpc) is 2.03. The molecular weight excluding hydrogens is 148 g/mol. The van der Waals surface area contributed by atoms with E-state index in [1.807, 2.05) is 27.7 Å². The van der Waals surface area contributed by atoms with Crippen molar-refractivity contribution in [3.63, 3.8) is 0 Å². The van der Waals surface area contributed by atoms with Crippen LogP contribution in [-0.2, 0) is 0 Å². The van der Waals surface area contributed by atoms with Gasteiger partial charge in [-0.2, -0.15) is 10.2 Å². The summed E-state index contributed by atoms with van der Waals surface area (Å²) in [7, 11) is 0. The highest BCUT2D eigenvalue weighted by molar-refractivity contribution is 4.95. The molecule has 2 heteroatoms. The van der Waals surface area contributed by atoms with Crippen molar-refractivity contribution in [2.45, 2.75) is 34.6 Å².